The number of ketones is 2. The monoisotopic (exact) mass is 446 g/mol. The zero-order valence-corrected chi connectivity index (χ0v) is 20.2. The molecule has 8 atom stereocenters. The van der Waals surface area contributed by atoms with Gasteiger partial charge in [0.05, 0.1) is 0 Å². The van der Waals surface area contributed by atoms with Crippen LogP contribution in [0.1, 0.15) is 87.6 Å². The molecule has 4 saturated carbocycles. The lowest BCUT2D eigenvalue weighted by Gasteiger charge is -2.56. The Morgan fingerprint density at radius 2 is 1.73 bits per heavy atom. The maximum Gasteiger partial charge on any atom is 0.161 e. The fourth-order valence-electron chi connectivity index (χ4n) is 8.60. The van der Waals surface area contributed by atoms with Crippen LogP contribution < -0.4 is 0 Å². The Balaban J connectivity index is 1.24. The van der Waals surface area contributed by atoms with Crippen LogP contribution in [-0.4, -0.2) is 23.3 Å². The molecular weight excluding hydrogens is 408 g/mol. The number of hydrogen-bond donors (Lipinski definition) is 1. The fourth-order valence-corrected chi connectivity index (χ4v) is 8.60. The smallest absolute Gasteiger partial charge is 0.161 e. The third-order valence-corrected chi connectivity index (χ3v) is 10.2. The molecule has 1 aromatic rings. The Bertz CT molecular complexity index is 966. The van der Waals surface area contributed by atoms with E-state index in [0.29, 0.717) is 11.8 Å². The van der Waals surface area contributed by atoms with Crippen LogP contribution in [0.3, 0.4) is 0 Å². The topological polar surface area (TPSA) is 54.4 Å². The van der Waals surface area contributed by atoms with E-state index in [9.17, 15) is 14.7 Å². The van der Waals surface area contributed by atoms with Gasteiger partial charge >= 0.3 is 0 Å². The molecule has 1 N–H and O–H groups in total. The van der Waals surface area contributed by atoms with E-state index >= 15 is 0 Å². The van der Waals surface area contributed by atoms with Crippen LogP contribution >= 0.6 is 0 Å². The summed E-state index contributed by atoms with van der Waals surface area (Å²) in [5.74, 6) is 11.6. The van der Waals surface area contributed by atoms with Crippen LogP contribution in [0.15, 0.2) is 24.3 Å². The molecule has 0 radical (unpaired) electrons. The Kier molecular flexibility index (Phi) is 6.25. The van der Waals surface area contributed by atoms with Crippen molar-refractivity contribution >= 4 is 11.6 Å². The summed E-state index contributed by atoms with van der Waals surface area (Å²) in [5.41, 5.74) is 1.87. The maximum atomic E-state index is 12.4. The van der Waals surface area contributed by atoms with Gasteiger partial charge in [0.15, 0.2) is 11.6 Å². The molecule has 3 heteroatoms. The Labute approximate surface area is 198 Å². The minimum atomic E-state index is -0.283. The first-order chi connectivity index (χ1) is 15.9. The summed E-state index contributed by atoms with van der Waals surface area (Å²) >= 11 is 0. The first kappa shape index (κ1) is 22.9. The zero-order chi connectivity index (χ0) is 23.2. The average molecular weight is 447 g/mol. The number of benzene rings is 1. The van der Waals surface area contributed by atoms with Gasteiger partial charge in [-0.15, -0.1) is 0 Å². The lowest BCUT2D eigenvalue weighted by atomic mass is 9.49. The predicted octanol–water partition coefficient (Wildman–Crippen LogP) is 5.69. The summed E-state index contributed by atoms with van der Waals surface area (Å²) in [6.45, 7) is 3.68. The van der Waals surface area contributed by atoms with Crippen molar-refractivity contribution < 1.29 is 14.7 Å². The van der Waals surface area contributed by atoms with E-state index < -0.39 is 0 Å². The molecule has 8 unspecified atom stereocenters. The molecule has 0 aliphatic heterocycles. The van der Waals surface area contributed by atoms with E-state index in [4.69, 9.17) is 0 Å². The summed E-state index contributed by atoms with van der Waals surface area (Å²) < 4.78 is 0. The van der Waals surface area contributed by atoms with Gasteiger partial charge in [0.2, 0.25) is 0 Å². The maximum absolute atomic E-state index is 12.4. The van der Waals surface area contributed by atoms with Gasteiger partial charge in [-0.05, 0) is 112 Å². The number of rotatable bonds is 3. The van der Waals surface area contributed by atoms with Gasteiger partial charge in [-0.2, -0.15) is 0 Å². The van der Waals surface area contributed by atoms with Crippen LogP contribution in [0.2, 0.25) is 0 Å². The summed E-state index contributed by atoms with van der Waals surface area (Å²) in [7, 11) is 0. The third-order valence-electron chi connectivity index (χ3n) is 10.2. The molecule has 5 rings (SSSR count). The summed E-state index contributed by atoms with van der Waals surface area (Å²) in [4.78, 5) is 23.9. The standard InChI is InChI=1S/C30H38O3/c1-19(32)22-8-5-20(6-9-22)3-4-21-7-11-24-23(17-21)10-12-26-25(24)15-16-30(2)27(26)13-14-28(30)29(33)18-31/h5-6,8-9,21,23-28,31H,7,10-18H2,1-2H3. The summed E-state index contributed by atoms with van der Waals surface area (Å²) in [6, 6.07) is 7.69. The van der Waals surface area contributed by atoms with Crippen LogP contribution in [0.4, 0.5) is 0 Å². The molecule has 0 spiro atoms. The summed E-state index contributed by atoms with van der Waals surface area (Å²) in [6.07, 6.45) is 11.0. The van der Waals surface area contributed by atoms with E-state index in [2.05, 4.69) is 18.8 Å². The Morgan fingerprint density at radius 3 is 2.45 bits per heavy atom. The lowest BCUT2D eigenvalue weighted by Crippen LogP contribution is -2.49. The van der Waals surface area contributed by atoms with E-state index in [1.54, 1.807) is 6.92 Å². The van der Waals surface area contributed by atoms with Crippen molar-refractivity contribution in [3.8, 4) is 11.8 Å². The van der Waals surface area contributed by atoms with Crippen molar-refractivity contribution in [2.24, 2.45) is 46.8 Å². The SMILES string of the molecule is CC(=O)c1ccc(C#CC2CCC3C(CCC4C3CCC3(C)C(C(=O)CO)CCC43)C2)cc1. The van der Waals surface area contributed by atoms with Crippen molar-refractivity contribution in [1.82, 2.24) is 0 Å². The molecule has 0 heterocycles. The highest BCUT2D eigenvalue weighted by molar-refractivity contribution is 5.94. The molecule has 4 aliphatic carbocycles. The Morgan fingerprint density at radius 1 is 0.970 bits per heavy atom. The molecule has 4 aliphatic rings. The molecule has 0 bridgehead atoms. The number of carbonyl (C=O) groups excluding carboxylic acids is 2. The first-order valence-electron chi connectivity index (χ1n) is 13.2. The van der Waals surface area contributed by atoms with Gasteiger partial charge in [-0.1, -0.05) is 30.9 Å². The van der Waals surface area contributed by atoms with Gasteiger partial charge in [0.1, 0.15) is 6.61 Å². The normalized spacial score (nSPS) is 39.4. The highest BCUT2D eigenvalue weighted by Gasteiger charge is 2.58. The van der Waals surface area contributed by atoms with Gasteiger partial charge in [-0.3, -0.25) is 9.59 Å². The molecule has 1 aromatic carbocycles. The van der Waals surface area contributed by atoms with Gasteiger partial charge < -0.3 is 5.11 Å². The van der Waals surface area contributed by atoms with Crippen LogP contribution in [0.5, 0.6) is 0 Å². The molecule has 0 amide bonds. The molecule has 33 heavy (non-hydrogen) atoms. The Hall–Kier alpha value is -1.92. The van der Waals surface area contributed by atoms with E-state index in [1.165, 1.54) is 44.9 Å². The van der Waals surface area contributed by atoms with E-state index in [-0.39, 0.29) is 29.5 Å². The van der Waals surface area contributed by atoms with Crippen LogP contribution in [-0.2, 0) is 4.79 Å². The molecule has 3 nitrogen and oxygen atoms in total. The van der Waals surface area contributed by atoms with Gasteiger partial charge in [0.25, 0.3) is 0 Å². The number of Topliss-reactive ketones (excluding diaryl/α,β-unsaturated/α-hetero) is 2. The highest BCUT2D eigenvalue weighted by Crippen LogP contribution is 2.64. The number of aliphatic hydroxyl groups excluding tert-OH is 1. The zero-order valence-electron chi connectivity index (χ0n) is 20.2. The second-order valence-corrected chi connectivity index (χ2v) is 11.6. The van der Waals surface area contributed by atoms with Crippen molar-refractivity contribution in [2.75, 3.05) is 6.61 Å². The highest BCUT2D eigenvalue weighted by atomic mass is 16.3. The largest absolute Gasteiger partial charge is 0.389 e. The number of fused-ring (bicyclic) bond motifs is 5. The minimum Gasteiger partial charge on any atom is -0.389 e. The van der Waals surface area contributed by atoms with Crippen molar-refractivity contribution in [1.29, 1.82) is 0 Å². The average Bonchev–Trinajstić information content (AvgIpc) is 3.19. The lowest BCUT2D eigenvalue weighted by molar-refractivity contribution is -0.133. The number of carbonyl (C=O) groups is 2. The molecule has 0 aromatic heterocycles. The van der Waals surface area contributed by atoms with Crippen LogP contribution in [0.25, 0.3) is 0 Å². The van der Waals surface area contributed by atoms with Crippen molar-refractivity contribution in [3.05, 3.63) is 35.4 Å². The second kappa shape index (κ2) is 9.03. The fraction of sp³-hybridized carbons (Fsp3) is 0.667. The van der Waals surface area contributed by atoms with Gasteiger partial charge in [0, 0.05) is 23.0 Å². The molecule has 176 valence electrons. The van der Waals surface area contributed by atoms with E-state index in [1.807, 2.05) is 24.3 Å². The predicted molar refractivity (Wildman–Crippen MR) is 130 cm³/mol. The van der Waals surface area contributed by atoms with Gasteiger partial charge in [-0.25, -0.2) is 0 Å². The van der Waals surface area contributed by atoms with Crippen molar-refractivity contribution in [3.63, 3.8) is 0 Å². The first-order valence-corrected chi connectivity index (χ1v) is 13.2. The van der Waals surface area contributed by atoms with Crippen LogP contribution in [0, 0.1) is 58.7 Å². The number of hydrogen-bond acceptors (Lipinski definition) is 3. The third kappa shape index (κ3) is 4.10. The quantitative estimate of drug-likeness (QED) is 0.479. The van der Waals surface area contributed by atoms with E-state index in [0.717, 1.165) is 47.6 Å². The van der Waals surface area contributed by atoms with Crippen molar-refractivity contribution in [2.45, 2.75) is 71.6 Å². The minimum absolute atomic E-state index is 0.0849. The second-order valence-electron chi connectivity index (χ2n) is 11.6. The molecule has 0 saturated heterocycles. The number of aliphatic hydroxyl groups is 1. The molecule has 4 fully saturated rings. The molecular formula is C30H38O3. The summed E-state index contributed by atoms with van der Waals surface area (Å²) in [5, 5.41) is 9.49.